The maximum atomic E-state index is 14.2. The van der Waals surface area contributed by atoms with E-state index in [0.29, 0.717) is 36.3 Å². The first-order valence-corrected chi connectivity index (χ1v) is 16.6. The predicted molar refractivity (Wildman–Crippen MR) is 176 cm³/mol. The van der Waals surface area contributed by atoms with Crippen LogP contribution in [-0.2, 0) is 27.2 Å². The molecule has 1 saturated heterocycles. The number of anilines is 2. The van der Waals surface area contributed by atoms with Crippen molar-refractivity contribution >= 4 is 46.6 Å². The Labute approximate surface area is 277 Å². The van der Waals surface area contributed by atoms with Gasteiger partial charge < -0.3 is 36.8 Å². The van der Waals surface area contributed by atoms with E-state index in [0.717, 1.165) is 49.7 Å². The molecule has 48 heavy (non-hydrogen) atoms. The molecule has 252 valence electrons. The summed E-state index contributed by atoms with van der Waals surface area (Å²) in [5.74, 6) is -1.58. The molecule has 1 heterocycles. The molecular formula is C35H40FN7O5. The van der Waals surface area contributed by atoms with Crippen molar-refractivity contribution in [2.45, 2.75) is 69.9 Å². The van der Waals surface area contributed by atoms with Crippen LogP contribution >= 0.6 is 0 Å². The molecule has 4 fully saturated rings. The average molecular weight is 658 g/mol. The lowest BCUT2D eigenvalue weighted by atomic mass is 9.88. The SMILES string of the molecule is CC(=N)C(=NO)C(=O)N[C@H](C(=O)Nc1ccc2c(c1)CC(C(=O)Nc1cccc(F)c1)(N1CC3(CC3)CNC1=O)C2)C(C1CC1)C1CC1. The van der Waals surface area contributed by atoms with Crippen LogP contribution in [0.3, 0.4) is 0 Å². The maximum absolute atomic E-state index is 14.2. The Morgan fingerprint density at radius 2 is 1.71 bits per heavy atom. The van der Waals surface area contributed by atoms with E-state index in [1.165, 1.54) is 25.1 Å². The van der Waals surface area contributed by atoms with E-state index in [9.17, 15) is 28.8 Å². The molecule has 0 radical (unpaired) electrons. The topological polar surface area (TPSA) is 176 Å². The summed E-state index contributed by atoms with van der Waals surface area (Å²) in [5.41, 5.74) is 0.413. The molecule has 5 aliphatic rings. The van der Waals surface area contributed by atoms with Crippen LogP contribution in [0.2, 0.25) is 0 Å². The average Bonchev–Trinajstić information content (AvgIpc) is 3.94. The third kappa shape index (κ3) is 6.13. The third-order valence-corrected chi connectivity index (χ3v) is 10.7. The summed E-state index contributed by atoms with van der Waals surface area (Å²) in [4.78, 5) is 56.2. The summed E-state index contributed by atoms with van der Waals surface area (Å²) in [6.45, 7) is 2.34. The number of nitrogens with one attached hydrogen (secondary N) is 5. The van der Waals surface area contributed by atoms with Crippen molar-refractivity contribution in [3.05, 3.63) is 59.4 Å². The van der Waals surface area contributed by atoms with Crippen LogP contribution in [0.15, 0.2) is 47.6 Å². The summed E-state index contributed by atoms with van der Waals surface area (Å²) >= 11 is 0. The summed E-state index contributed by atoms with van der Waals surface area (Å²) in [7, 11) is 0. The zero-order valence-electron chi connectivity index (χ0n) is 26.8. The van der Waals surface area contributed by atoms with E-state index in [2.05, 4.69) is 26.4 Å². The van der Waals surface area contributed by atoms with E-state index in [4.69, 9.17) is 5.41 Å². The number of hydrogen-bond donors (Lipinski definition) is 6. The second-order valence-corrected chi connectivity index (χ2v) is 14.3. The quantitative estimate of drug-likeness (QED) is 0.122. The fourth-order valence-electron chi connectivity index (χ4n) is 7.65. The van der Waals surface area contributed by atoms with E-state index >= 15 is 0 Å². The van der Waals surface area contributed by atoms with Crippen LogP contribution in [0, 0.1) is 34.4 Å². The summed E-state index contributed by atoms with van der Waals surface area (Å²) in [6, 6.07) is 9.84. The maximum Gasteiger partial charge on any atom is 0.318 e. The number of carbonyl (C=O) groups excluding carboxylic acids is 4. The van der Waals surface area contributed by atoms with E-state index in [1.807, 2.05) is 12.1 Å². The van der Waals surface area contributed by atoms with Gasteiger partial charge in [-0.15, -0.1) is 0 Å². The fourth-order valence-corrected chi connectivity index (χ4v) is 7.65. The Balaban J connectivity index is 1.15. The van der Waals surface area contributed by atoms with Crippen molar-refractivity contribution in [1.82, 2.24) is 15.5 Å². The van der Waals surface area contributed by atoms with Gasteiger partial charge in [0.05, 0.1) is 5.71 Å². The van der Waals surface area contributed by atoms with Crippen LogP contribution in [0.4, 0.5) is 20.6 Å². The zero-order chi connectivity index (χ0) is 33.8. The summed E-state index contributed by atoms with van der Waals surface area (Å²) in [6.07, 6.45) is 6.23. The second kappa shape index (κ2) is 12.0. The molecule has 6 N–H and O–H groups in total. The lowest BCUT2D eigenvalue weighted by Gasteiger charge is -2.44. The van der Waals surface area contributed by atoms with Crippen LogP contribution in [0.25, 0.3) is 0 Å². The number of fused-ring (bicyclic) bond motifs is 1. The standard InChI is InChI=1S/C35H40FN7O5/c1-19(37)28(42-48)30(44)41-29(27(20-5-6-20)21-7-8-21)31(45)39-26-10-9-22-15-35(16-23(22)13-26,32(46)40-25-4-2-3-24(36)14-25)43-18-34(11-12-34)17-38-33(43)47/h2-4,9-10,13-14,20-21,27,29,37,48H,5-8,11-12,15-18H2,1H3,(H,38,47)(H,39,45)(H,40,46)(H,41,44)/t29-,35?/m0/s1. The molecule has 3 saturated carbocycles. The lowest BCUT2D eigenvalue weighted by molar-refractivity contribution is -0.127. The number of rotatable bonds is 11. The van der Waals surface area contributed by atoms with Gasteiger partial charge in [-0.25, -0.2) is 9.18 Å². The normalized spacial score (nSPS) is 23.3. The highest BCUT2D eigenvalue weighted by molar-refractivity contribution is 6.65. The Bertz CT molecular complexity index is 1720. The number of carbonyl (C=O) groups is 4. The Morgan fingerprint density at radius 3 is 2.33 bits per heavy atom. The molecule has 12 nitrogen and oxygen atoms in total. The molecule has 2 aromatic carbocycles. The molecule has 13 heteroatoms. The van der Waals surface area contributed by atoms with Crippen molar-refractivity contribution in [2.75, 3.05) is 23.7 Å². The Hall–Kier alpha value is -4.81. The minimum absolute atomic E-state index is 0.0656. The highest BCUT2D eigenvalue weighted by Gasteiger charge is 2.57. The largest absolute Gasteiger partial charge is 0.410 e. The third-order valence-electron chi connectivity index (χ3n) is 10.7. The van der Waals surface area contributed by atoms with E-state index in [-0.39, 0.29) is 35.9 Å². The second-order valence-electron chi connectivity index (χ2n) is 14.3. The van der Waals surface area contributed by atoms with Gasteiger partial charge in [0.1, 0.15) is 17.4 Å². The van der Waals surface area contributed by atoms with Gasteiger partial charge in [-0.2, -0.15) is 0 Å². The monoisotopic (exact) mass is 657 g/mol. The number of oxime groups is 1. The lowest BCUT2D eigenvalue weighted by Crippen LogP contribution is -2.66. The first-order chi connectivity index (χ1) is 23.0. The van der Waals surface area contributed by atoms with Gasteiger partial charge in [0.2, 0.25) is 5.91 Å². The van der Waals surface area contributed by atoms with Crippen LogP contribution < -0.4 is 21.3 Å². The summed E-state index contributed by atoms with van der Waals surface area (Å²) in [5, 5.41) is 31.7. The molecule has 2 aromatic rings. The van der Waals surface area contributed by atoms with Gasteiger partial charge in [0.25, 0.3) is 11.8 Å². The van der Waals surface area contributed by atoms with Gasteiger partial charge in [-0.1, -0.05) is 17.3 Å². The van der Waals surface area contributed by atoms with Gasteiger partial charge in [-0.05, 0) is 105 Å². The van der Waals surface area contributed by atoms with Crippen LogP contribution in [0.5, 0.6) is 0 Å². The number of hydrogen-bond acceptors (Lipinski definition) is 7. The van der Waals surface area contributed by atoms with Crippen molar-refractivity contribution in [1.29, 1.82) is 5.41 Å². The first kappa shape index (κ1) is 31.8. The fraction of sp³-hybridized carbons (Fsp3) is 0.486. The highest BCUT2D eigenvalue weighted by Crippen LogP contribution is 2.51. The van der Waals surface area contributed by atoms with Gasteiger partial charge >= 0.3 is 6.03 Å². The van der Waals surface area contributed by atoms with Gasteiger partial charge in [0, 0.05) is 42.7 Å². The Kier molecular flexibility index (Phi) is 7.95. The highest BCUT2D eigenvalue weighted by atomic mass is 19.1. The van der Waals surface area contributed by atoms with Crippen molar-refractivity contribution in [3.63, 3.8) is 0 Å². The van der Waals surface area contributed by atoms with Crippen LogP contribution in [-0.4, -0.2) is 70.0 Å². The van der Waals surface area contributed by atoms with Gasteiger partial charge in [0.15, 0.2) is 5.71 Å². The molecule has 1 spiro atoms. The number of amides is 5. The molecule has 4 aliphatic carbocycles. The van der Waals surface area contributed by atoms with Crippen molar-refractivity contribution < 1.29 is 28.8 Å². The summed E-state index contributed by atoms with van der Waals surface area (Å²) < 4.78 is 14.0. The van der Waals surface area contributed by atoms with Crippen molar-refractivity contribution in [3.8, 4) is 0 Å². The first-order valence-electron chi connectivity index (χ1n) is 16.6. The number of halogens is 1. The van der Waals surface area contributed by atoms with Gasteiger partial charge in [-0.3, -0.25) is 14.4 Å². The van der Waals surface area contributed by atoms with E-state index in [1.54, 1.807) is 17.0 Å². The van der Waals surface area contributed by atoms with Crippen molar-refractivity contribution in [2.24, 2.45) is 28.3 Å². The van der Waals surface area contributed by atoms with E-state index < -0.39 is 40.8 Å². The molecule has 5 amide bonds. The molecule has 2 atom stereocenters. The zero-order valence-corrected chi connectivity index (χ0v) is 26.8. The number of urea groups is 1. The molecule has 1 aliphatic heterocycles. The molecule has 0 bridgehead atoms. The minimum Gasteiger partial charge on any atom is -0.410 e. The van der Waals surface area contributed by atoms with Crippen LogP contribution in [0.1, 0.15) is 56.6 Å². The molecule has 7 rings (SSSR count). The molecule has 1 unspecified atom stereocenters. The predicted octanol–water partition coefficient (Wildman–Crippen LogP) is 3.84. The molecular weight excluding hydrogens is 617 g/mol. The number of benzene rings is 2. The molecule has 0 aromatic heterocycles. The smallest absolute Gasteiger partial charge is 0.318 e. The minimum atomic E-state index is -1.28. The Morgan fingerprint density at radius 1 is 1.02 bits per heavy atom. The number of nitrogens with zero attached hydrogens (tertiary/aromatic N) is 2.